The Morgan fingerprint density at radius 3 is 2.58 bits per heavy atom. The summed E-state index contributed by atoms with van der Waals surface area (Å²) in [7, 11) is 0. The van der Waals surface area contributed by atoms with Crippen LogP contribution in [-0.4, -0.2) is 18.4 Å². The van der Waals surface area contributed by atoms with Crippen molar-refractivity contribution in [2.45, 2.75) is 12.8 Å². The van der Waals surface area contributed by atoms with Crippen molar-refractivity contribution >= 4 is 35.2 Å². The van der Waals surface area contributed by atoms with Crippen molar-refractivity contribution in [2.75, 3.05) is 11.9 Å². The molecule has 0 aromatic heterocycles. The van der Waals surface area contributed by atoms with Crippen LogP contribution >= 0.6 is 11.6 Å². The van der Waals surface area contributed by atoms with E-state index in [0.717, 1.165) is 11.1 Å². The van der Waals surface area contributed by atoms with Crippen molar-refractivity contribution in [3.05, 3.63) is 100 Å². The molecule has 0 saturated carbocycles. The highest BCUT2D eigenvalue weighted by atomic mass is 35.5. The van der Waals surface area contributed by atoms with E-state index in [1.54, 1.807) is 48.5 Å². The third-order valence-corrected chi connectivity index (χ3v) is 5.29. The minimum atomic E-state index is -0.377. The number of fused-ring (bicyclic) bond motifs is 1. The highest BCUT2D eigenvalue weighted by Crippen LogP contribution is 2.32. The van der Waals surface area contributed by atoms with E-state index >= 15 is 0 Å². The fraction of sp³-hybridized carbons (Fsp3) is 0.120. The molecule has 4 rings (SSSR count). The predicted octanol–water partition coefficient (Wildman–Crippen LogP) is 5.25. The second-order valence-electron chi connectivity index (χ2n) is 7.35. The highest BCUT2D eigenvalue weighted by Gasteiger charge is 2.23. The molecule has 6 heteroatoms. The van der Waals surface area contributed by atoms with Crippen LogP contribution in [0.15, 0.2) is 78.6 Å². The zero-order chi connectivity index (χ0) is 21.8. The Labute approximate surface area is 185 Å². The molecule has 2 N–H and O–H groups in total. The monoisotopic (exact) mass is 432 g/mol. The number of rotatable bonds is 5. The number of carbonyl (C=O) groups excluding carboxylic acids is 2. The van der Waals surface area contributed by atoms with Gasteiger partial charge in [-0.2, -0.15) is 0 Å². The Hall–Kier alpha value is -3.57. The van der Waals surface area contributed by atoms with Crippen LogP contribution in [0.25, 0.3) is 6.08 Å². The van der Waals surface area contributed by atoms with Crippen LogP contribution in [0.1, 0.15) is 34.3 Å². The summed E-state index contributed by atoms with van der Waals surface area (Å²) in [6, 6.07) is 22.1. The van der Waals surface area contributed by atoms with Crippen LogP contribution < -0.4 is 15.4 Å². The van der Waals surface area contributed by atoms with E-state index in [1.165, 1.54) is 0 Å². The van der Waals surface area contributed by atoms with Crippen molar-refractivity contribution in [3.8, 4) is 5.75 Å². The molecule has 0 bridgehead atoms. The predicted molar refractivity (Wildman–Crippen MR) is 122 cm³/mol. The molecular formula is C25H21ClN2O3. The van der Waals surface area contributed by atoms with E-state index in [0.29, 0.717) is 28.6 Å². The summed E-state index contributed by atoms with van der Waals surface area (Å²) in [5.74, 6) is 0.254. The molecule has 0 aliphatic carbocycles. The molecule has 0 radical (unpaired) electrons. The van der Waals surface area contributed by atoms with Gasteiger partial charge in [0.1, 0.15) is 0 Å². The molecule has 0 spiro atoms. The number of ether oxygens (including phenoxy) is 1. The first-order chi connectivity index (χ1) is 15.0. The molecule has 0 saturated heterocycles. The number of hydrogen-bond donors (Lipinski definition) is 2. The first-order valence-corrected chi connectivity index (χ1v) is 10.3. The molecule has 156 valence electrons. The van der Waals surface area contributed by atoms with Crippen LogP contribution in [0.5, 0.6) is 5.75 Å². The fourth-order valence-corrected chi connectivity index (χ4v) is 3.39. The molecule has 1 atom stereocenters. The van der Waals surface area contributed by atoms with Crippen LogP contribution in [0.3, 0.4) is 0 Å². The van der Waals surface area contributed by atoms with Crippen molar-refractivity contribution < 1.29 is 14.3 Å². The van der Waals surface area contributed by atoms with Gasteiger partial charge in [0, 0.05) is 17.1 Å². The van der Waals surface area contributed by atoms with Gasteiger partial charge in [0.2, 0.25) is 0 Å². The summed E-state index contributed by atoms with van der Waals surface area (Å²) in [5.41, 5.74) is 2.87. The number of anilines is 1. The molecule has 2 amide bonds. The Bertz CT molecular complexity index is 1140. The van der Waals surface area contributed by atoms with Gasteiger partial charge in [0.05, 0.1) is 5.69 Å². The first-order valence-electron chi connectivity index (χ1n) is 9.93. The second kappa shape index (κ2) is 9.06. The van der Waals surface area contributed by atoms with Gasteiger partial charge in [-0.1, -0.05) is 61.0 Å². The summed E-state index contributed by atoms with van der Waals surface area (Å²) in [5, 5.41) is 6.35. The maximum absolute atomic E-state index is 12.6. The van der Waals surface area contributed by atoms with Crippen LogP contribution in [0, 0.1) is 0 Å². The molecule has 3 aromatic rings. The van der Waals surface area contributed by atoms with Crippen LogP contribution in [0.4, 0.5) is 5.69 Å². The van der Waals surface area contributed by atoms with E-state index in [9.17, 15) is 9.59 Å². The summed E-state index contributed by atoms with van der Waals surface area (Å²) in [6.07, 6.45) is 1.64. The molecule has 31 heavy (non-hydrogen) atoms. The smallest absolute Gasteiger partial charge is 0.291 e. The molecule has 5 nitrogen and oxygen atoms in total. The van der Waals surface area contributed by atoms with E-state index in [4.69, 9.17) is 16.3 Å². The van der Waals surface area contributed by atoms with Gasteiger partial charge in [-0.3, -0.25) is 9.59 Å². The largest absolute Gasteiger partial charge is 0.449 e. The Balaban J connectivity index is 1.44. The maximum Gasteiger partial charge on any atom is 0.291 e. The summed E-state index contributed by atoms with van der Waals surface area (Å²) < 4.78 is 5.75. The Morgan fingerprint density at radius 1 is 1.10 bits per heavy atom. The highest BCUT2D eigenvalue weighted by molar-refractivity contribution is 6.30. The summed E-state index contributed by atoms with van der Waals surface area (Å²) in [4.78, 5) is 25.0. The Morgan fingerprint density at radius 2 is 1.84 bits per heavy atom. The average molecular weight is 433 g/mol. The number of carbonyl (C=O) groups is 2. The maximum atomic E-state index is 12.6. The third kappa shape index (κ3) is 4.95. The summed E-state index contributed by atoms with van der Waals surface area (Å²) in [6.45, 7) is 2.57. The van der Waals surface area contributed by atoms with Crippen LogP contribution in [0.2, 0.25) is 5.02 Å². The van der Waals surface area contributed by atoms with Gasteiger partial charge >= 0.3 is 0 Å². The average Bonchev–Trinajstić information content (AvgIpc) is 2.79. The molecule has 1 aliphatic heterocycles. The van der Waals surface area contributed by atoms with Crippen molar-refractivity contribution in [2.24, 2.45) is 0 Å². The fourth-order valence-electron chi connectivity index (χ4n) is 3.26. The quantitative estimate of drug-likeness (QED) is 0.541. The van der Waals surface area contributed by atoms with Crippen LogP contribution in [-0.2, 0) is 4.79 Å². The van der Waals surface area contributed by atoms with Gasteiger partial charge in [-0.25, -0.2) is 0 Å². The lowest BCUT2D eigenvalue weighted by atomic mass is 10.0. The number of nitrogens with one attached hydrogen (secondary N) is 2. The van der Waals surface area contributed by atoms with E-state index in [1.807, 2.05) is 30.3 Å². The number of hydrogen-bond acceptors (Lipinski definition) is 3. The molecule has 0 unspecified atom stereocenters. The number of amides is 2. The van der Waals surface area contributed by atoms with Crippen molar-refractivity contribution in [1.29, 1.82) is 0 Å². The second-order valence-corrected chi connectivity index (χ2v) is 7.79. The SMILES string of the molecule is C[C@@H](CNC(=O)c1ccc2c(c1)NC(=O)/C(=C/c1ccc(Cl)cc1)O2)c1ccccc1. The first kappa shape index (κ1) is 20.7. The minimum absolute atomic E-state index is 0.170. The molecule has 1 aliphatic rings. The lowest BCUT2D eigenvalue weighted by molar-refractivity contribution is -0.115. The Kier molecular flexibility index (Phi) is 6.05. The topological polar surface area (TPSA) is 67.4 Å². The zero-order valence-corrected chi connectivity index (χ0v) is 17.6. The summed E-state index contributed by atoms with van der Waals surface area (Å²) >= 11 is 5.90. The van der Waals surface area contributed by atoms with Gasteiger partial charge in [0.25, 0.3) is 11.8 Å². The molecular weight excluding hydrogens is 412 g/mol. The number of benzene rings is 3. The third-order valence-electron chi connectivity index (χ3n) is 5.04. The zero-order valence-electron chi connectivity index (χ0n) is 16.9. The van der Waals surface area contributed by atoms with E-state index < -0.39 is 0 Å². The van der Waals surface area contributed by atoms with Crippen molar-refractivity contribution in [3.63, 3.8) is 0 Å². The van der Waals surface area contributed by atoms with Gasteiger partial charge in [-0.15, -0.1) is 0 Å². The molecule has 1 heterocycles. The van der Waals surface area contributed by atoms with E-state index in [2.05, 4.69) is 17.6 Å². The minimum Gasteiger partial charge on any atom is -0.449 e. The normalized spacial score (nSPS) is 14.9. The number of halogens is 1. The molecule has 3 aromatic carbocycles. The van der Waals surface area contributed by atoms with Gasteiger partial charge in [0.15, 0.2) is 11.5 Å². The van der Waals surface area contributed by atoms with Gasteiger partial charge < -0.3 is 15.4 Å². The van der Waals surface area contributed by atoms with Gasteiger partial charge in [-0.05, 0) is 53.5 Å². The standard InChI is InChI=1S/C25H21ClN2O3/c1-16(18-5-3-2-4-6-18)15-27-24(29)19-9-12-22-21(14-19)28-25(30)23(31-22)13-17-7-10-20(26)11-8-17/h2-14,16H,15H2,1H3,(H,27,29)(H,28,30)/b23-13-/t16-/m0/s1. The lowest BCUT2D eigenvalue weighted by Gasteiger charge is -2.21. The molecule has 0 fully saturated rings. The van der Waals surface area contributed by atoms with Crippen molar-refractivity contribution in [1.82, 2.24) is 5.32 Å². The van der Waals surface area contributed by atoms with E-state index in [-0.39, 0.29) is 23.5 Å². The lowest BCUT2D eigenvalue weighted by Crippen LogP contribution is -2.28.